The Hall–Kier alpha value is -3.74. The van der Waals surface area contributed by atoms with Gasteiger partial charge in [-0.2, -0.15) is 4.98 Å². The predicted octanol–water partition coefficient (Wildman–Crippen LogP) is 4.12. The van der Waals surface area contributed by atoms with Crippen molar-refractivity contribution in [1.82, 2.24) is 20.3 Å². The molecule has 0 aliphatic heterocycles. The Morgan fingerprint density at radius 2 is 1.71 bits per heavy atom. The highest BCUT2D eigenvalue weighted by Crippen LogP contribution is 2.21. The third-order valence-electron chi connectivity index (χ3n) is 4.25. The topological polar surface area (TPSA) is 86.0 Å². The van der Waals surface area contributed by atoms with Gasteiger partial charge in [0.2, 0.25) is 5.82 Å². The summed E-state index contributed by atoms with van der Waals surface area (Å²) < 4.78 is 10.5. The Balaban J connectivity index is 1.42. The van der Waals surface area contributed by atoms with Crippen molar-refractivity contribution >= 4 is 5.82 Å². The largest absolute Gasteiger partial charge is 0.497 e. The zero-order chi connectivity index (χ0) is 19.3. The Bertz CT molecular complexity index is 1040. The lowest BCUT2D eigenvalue weighted by Gasteiger charge is -2.06. The zero-order valence-electron chi connectivity index (χ0n) is 15.6. The van der Waals surface area contributed by atoms with E-state index in [9.17, 15) is 0 Å². The van der Waals surface area contributed by atoms with Gasteiger partial charge in [-0.05, 0) is 36.8 Å². The van der Waals surface area contributed by atoms with E-state index in [-0.39, 0.29) is 0 Å². The molecule has 0 spiro atoms. The Kier molecular flexibility index (Phi) is 4.97. The lowest BCUT2D eigenvalue weighted by Crippen LogP contribution is -2.02. The molecule has 4 aromatic rings. The van der Waals surface area contributed by atoms with E-state index < -0.39 is 0 Å². The molecule has 0 aliphatic carbocycles. The fraction of sp³-hybridized carbons (Fsp3) is 0.143. The van der Waals surface area contributed by atoms with Crippen molar-refractivity contribution < 1.29 is 9.26 Å². The molecule has 7 nitrogen and oxygen atoms in total. The zero-order valence-corrected chi connectivity index (χ0v) is 15.6. The third kappa shape index (κ3) is 3.98. The smallest absolute Gasteiger partial charge is 0.278 e. The second kappa shape index (κ2) is 7.87. The first-order chi connectivity index (χ1) is 13.7. The van der Waals surface area contributed by atoms with Gasteiger partial charge in [0.25, 0.3) is 5.89 Å². The van der Waals surface area contributed by atoms with E-state index in [1.807, 2.05) is 61.5 Å². The molecule has 140 valence electrons. The fourth-order valence-electron chi connectivity index (χ4n) is 2.62. The van der Waals surface area contributed by atoms with Crippen LogP contribution in [-0.4, -0.2) is 27.4 Å². The van der Waals surface area contributed by atoms with Crippen LogP contribution in [0.25, 0.3) is 23.0 Å². The maximum Gasteiger partial charge on any atom is 0.278 e. The van der Waals surface area contributed by atoms with Crippen LogP contribution in [-0.2, 0) is 6.54 Å². The quantitative estimate of drug-likeness (QED) is 0.544. The Morgan fingerprint density at radius 3 is 2.39 bits per heavy atom. The number of aromatic nitrogens is 4. The van der Waals surface area contributed by atoms with Crippen LogP contribution in [0.4, 0.5) is 5.82 Å². The summed E-state index contributed by atoms with van der Waals surface area (Å²) in [6.45, 7) is 2.67. The molecule has 0 atom stereocenters. The van der Waals surface area contributed by atoms with Crippen molar-refractivity contribution in [2.45, 2.75) is 13.5 Å². The molecule has 0 saturated carbocycles. The molecule has 0 aliphatic rings. The summed E-state index contributed by atoms with van der Waals surface area (Å²) in [7, 11) is 1.65. The van der Waals surface area contributed by atoms with Gasteiger partial charge < -0.3 is 14.6 Å². The number of ether oxygens (including phenoxy) is 1. The van der Waals surface area contributed by atoms with E-state index >= 15 is 0 Å². The molecule has 0 fully saturated rings. The Labute approximate surface area is 162 Å². The first-order valence-corrected chi connectivity index (χ1v) is 8.83. The lowest BCUT2D eigenvalue weighted by molar-refractivity contribution is 0.414. The number of benzene rings is 2. The van der Waals surface area contributed by atoms with Gasteiger partial charge in [-0.25, -0.2) is 0 Å². The monoisotopic (exact) mass is 373 g/mol. The van der Waals surface area contributed by atoms with E-state index in [2.05, 4.69) is 25.7 Å². The van der Waals surface area contributed by atoms with Crippen molar-refractivity contribution in [2.75, 3.05) is 12.4 Å². The van der Waals surface area contributed by atoms with E-state index in [0.717, 1.165) is 16.9 Å². The van der Waals surface area contributed by atoms with Crippen molar-refractivity contribution in [2.24, 2.45) is 0 Å². The second-order valence-electron chi connectivity index (χ2n) is 6.29. The van der Waals surface area contributed by atoms with Crippen LogP contribution in [0.15, 0.2) is 65.2 Å². The molecule has 2 heterocycles. The van der Waals surface area contributed by atoms with E-state index in [4.69, 9.17) is 9.26 Å². The normalized spacial score (nSPS) is 10.6. The molecule has 1 N–H and O–H groups in total. The maximum absolute atomic E-state index is 5.33. The number of anilines is 1. The SMILES string of the molecule is COc1ccc(CNc2ccc(-c3nc(-c4ccc(C)cc4)no3)nn2)cc1. The minimum Gasteiger partial charge on any atom is -0.497 e. The second-order valence-corrected chi connectivity index (χ2v) is 6.29. The molecule has 4 rings (SSSR count). The Morgan fingerprint density at radius 1 is 0.929 bits per heavy atom. The first kappa shape index (κ1) is 17.7. The summed E-state index contributed by atoms with van der Waals surface area (Å²) in [5, 5.41) is 15.6. The summed E-state index contributed by atoms with van der Waals surface area (Å²) in [5.74, 6) is 2.36. The number of rotatable bonds is 6. The summed E-state index contributed by atoms with van der Waals surface area (Å²) in [5.41, 5.74) is 3.72. The molecule has 2 aromatic carbocycles. The molecule has 0 saturated heterocycles. The molecule has 0 radical (unpaired) electrons. The first-order valence-electron chi connectivity index (χ1n) is 8.83. The van der Waals surface area contributed by atoms with Crippen LogP contribution in [0.2, 0.25) is 0 Å². The van der Waals surface area contributed by atoms with Gasteiger partial charge in [-0.15, -0.1) is 10.2 Å². The highest BCUT2D eigenvalue weighted by molar-refractivity contribution is 5.58. The minimum atomic E-state index is 0.338. The molecular weight excluding hydrogens is 354 g/mol. The van der Waals surface area contributed by atoms with Crippen LogP contribution < -0.4 is 10.1 Å². The van der Waals surface area contributed by atoms with Crippen molar-refractivity contribution in [3.05, 3.63) is 71.8 Å². The van der Waals surface area contributed by atoms with Crippen LogP contribution >= 0.6 is 0 Å². The van der Waals surface area contributed by atoms with E-state index in [1.54, 1.807) is 13.2 Å². The molecule has 2 aromatic heterocycles. The molecule has 0 bridgehead atoms. The molecule has 0 unspecified atom stereocenters. The summed E-state index contributed by atoms with van der Waals surface area (Å²) >= 11 is 0. The van der Waals surface area contributed by atoms with Crippen LogP contribution in [0.3, 0.4) is 0 Å². The van der Waals surface area contributed by atoms with Gasteiger partial charge >= 0.3 is 0 Å². The maximum atomic E-state index is 5.33. The highest BCUT2D eigenvalue weighted by Gasteiger charge is 2.12. The van der Waals surface area contributed by atoms with Gasteiger partial charge in [0.05, 0.1) is 7.11 Å². The number of aryl methyl sites for hydroxylation is 1. The summed E-state index contributed by atoms with van der Waals surface area (Å²) in [6.07, 6.45) is 0. The summed E-state index contributed by atoms with van der Waals surface area (Å²) in [6, 6.07) is 19.4. The number of hydrogen-bond donors (Lipinski definition) is 1. The average molecular weight is 373 g/mol. The molecule has 28 heavy (non-hydrogen) atoms. The van der Waals surface area contributed by atoms with Gasteiger partial charge in [0, 0.05) is 12.1 Å². The van der Waals surface area contributed by atoms with Crippen LogP contribution in [0, 0.1) is 6.92 Å². The average Bonchev–Trinajstić information content (AvgIpc) is 3.24. The third-order valence-corrected chi connectivity index (χ3v) is 4.25. The lowest BCUT2D eigenvalue weighted by atomic mass is 10.1. The van der Waals surface area contributed by atoms with Gasteiger partial charge in [-0.3, -0.25) is 0 Å². The summed E-state index contributed by atoms with van der Waals surface area (Å²) in [4.78, 5) is 4.41. The molecule has 0 amide bonds. The standard InChI is InChI=1S/C21H19N5O2/c1-14-3-7-16(8-4-14)20-23-21(28-26-20)18-11-12-19(25-24-18)22-13-15-5-9-17(27-2)10-6-15/h3-12H,13H2,1-2H3,(H,22,25). The number of hydrogen-bond acceptors (Lipinski definition) is 7. The van der Waals surface area contributed by atoms with Crippen molar-refractivity contribution in [3.63, 3.8) is 0 Å². The minimum absolute atomic E-state index is 0.338. The van der Waals surface area contributed by atoms with Crippen molar-refractivity contribution in [1.29, 1.82) is 0 Å². The van der Waals surface area contributed by atoms with Gasteiger partial charge in [0.1, 0.15) is 11.6 Å². The fourth-order valence-corrected chi connectivity index (χ4v) is 2.62. The van der Waals surface area contributed by atoms with Gasteiger partial charge in [-0.1, -0.05) is 47.1 Å². The van der Waals surface area contributed by atoms with Crippen LogP contribution in [0.5, 0.6) is 5.75 Å². The van der Waals surface area contributed by atoms with E-state index in [1.165, 1.54) is 5.56 Å². The number of methoxy groups -OCH3 is 1. The van der Waals surface area contributed by atoms with Crippen molar-refractivity contribution in [3.8, 4) is 28.7 Å². The number of nitrogens with zero attached hydrogens (tertiary/aromatic N) is 4. The number of nitrogens with one attached hydrogen (secondary N) is 1. The highest BCUT2D eigenvalue weighted by atomic mass is 16.5. The predicted molar refractivity (Wildman–Crippen MR) is 106 cm³/mol. The van der Waals surface area contributed by atoms with Gasteiger partial charge in [0.15, 0.2) is 5.69 Å². The molecule has 7 heteroatoms. The van der Waals surface area contributed by atoms with Crippen LogP contribution in [0.1, 0.15) is 11.1 Å². The van der Waals surface area contributed by atoms with E-state index in [0.29, 0.717) is 29.8 Å². The molecular formula is C21H19N5O2.